The number of amides is 1. The molecule has 4 nitrogen and oxygen atoms in total. The summed E-state index contributed by atoms with van der Waals surface area (Å²) in [5, 5.41) is 12.9. The van der Waals surface area contributed by atoms with Crippen molar-refractivity contribution in [3.05, 3.63) is 29.8 Å². The molecule has 0 heterocycles. The Bertz CT molecular complexity index is 458. The van der Waals surface area contributed by atoms with Gasteiger partial charge in [0, 0.05) is 0 Å². The summed E-state index contributed by atoms with van der Waals surface area (Å²) in [7, 11) is 0. The number of carbonyl (C=O) groups is 1. The van der Waals surface area contributed by atoms with Gasteiger partial charge in [-0.2, -0.15) is 0 Å². The zero-order valence-electron chi connectivity index (χ0n) is 13.2. The Kier molecular flexibility index (Phi) is 4.81. The highest BCUT2D eigenvalue weighted by atomic mass is 16.5. The zero-order valence-corrected chi connectivity index (χ0v) is 13.2. The Balaban J connectivity index is 2.66. The number of hydrogen-bond acceptors (Lipinski definition) is 3. The van der Waals surface area contributed by atoms with Gasteiger partial charge in [0.25, 0.3) is 5.91 Å². The lowest BCUT2D eigenvalue weighted by molar-refractivity contribution is -0.132. The molecule has 0 aromatic heterocycles. The normalized spacial score (nSPS) is 13.8. The SMILES string of the molecule is Cc1ccc(OC(C)C(=O)NC(C)(C)C(C)(C)O)cc1. The van der Waals surface area contributed by atoms with E-state index in [4.69, 9.17) is 4.74 Å². The van der Waals surface area contributed by atoms with Crippen LogP contribution in [0.2, 0.25) is 0 Å². The van der Waals surface area contributed by atoms with E-state index in [0.29, 0.717) is 5.75 Å². The van der Waals surface area contributed by atoms with E-state index in [0.717, 1.165) is 5.56 Å². The third kappa shape index (κ3) is 4.23. The largest absolute Gasteiger partial charge is 0.481 e. The van der Waals surface area contributed by atoms with Crippen molar-refractivity contribution in [3.8, 4) is 5.75 Å². The molecule has 1 rings (SSSR count). The minimum atomic E-state index is -1.02. The summed E-state index contributed by atoms with van der Waals surface area (Å²) in [5.74, 6) is 0.400. The van der Waals surface area contributed by atoms with Crippen molar-refractivity contribution in [1.82, 2.24) is 5.32 Å². The summed E-state index contributed by atoms with van der Waals surface area (Å²) in [6.07, 6.45) is -0.626. The molecular formula is C16H25NO3. The molecular weight excluding hydrogens is 254 g/mol. The lowest BCUT2D eigenvalue weighted by Gasteiger charge is -2.38. The minimum Gasteiger partial charge on any atom is -0.481 e. The molecule has 0 bridgehead atoms. The van der Waals surface area contributed by atoms with E-state index in [1.54, 1.807) is 34.6 Å². The third-order valence-corrected chi connectivity index (χ3v) is 3.67. The molecule has 4 heteroatoms. The highest BCUT2D eigenvalue weighted by Gasteiger charge is 2.37. The van der Waals surface area contributed by atoms with Gasteiger partial charge in [-0.25, -0.2) is 0 Å². The third-order valence-electron chi connectivity index (χ3n) is 3.67. The van der Waals surface area contributed by atoms with Gasteiger partial charge < -0.3 is 15.2 Å². The fourth-order valence-electron chi connectivity index (χ4n) is 1.44. The molecule has 112 valence electrons. The molecule has 0 aliphatic rings. The van der Waals surface area contributed by atoms with E-state index in [1.807, 2.05) is 31.2 Å². The van der Waals surface area contributed by atoms with Gasteiger partial charge in [0.1, 0.15) is 5.75 Å². The van der Waals surface area contributed by atoms with Crippen LogP contribution in [0.25, 0.3) is 0 Å². The zero-order chi connectivity index (χ0) is 15.6. The number of ether oxygens (including phenoxy) is 1. The average Bonchev–Trinajstić information content (AvgIpc) is 2.30. The van der Waals surface area contributed by atoms with Crippen LogP contribution < -0.4 is 10.1 Å². The molecule has 1 amide bonds. The Hall–Kier alpha value is -1.55. The van der Waals surface area contributed by atoms with Crippen molar-refractivity contribution >= 4 is 5.91 Å². The molecule has 2 N–H and O–H groups in total. The van der Waals surface area contributed by atoms with Crippen LogP contribution >= 0.6 is 0 Å². The Morgan fingerprint density at radius 2 is 1.70 bits per heavy atom. The number of hydrogen-bond donors (Lipinski definition) is 2. The van der Waals surface area contributed by atoms with Gasteiger partial charge in [0.2, 0.25) is 0 Å². The number of rotatable bonds is 5. The quantitative estimate of drug-likeness (QED) is 0.870. The van der Waals surface area contributed by atoms with Crippen LogP contribution in [0.5, 0.6) is 5.75 Å². The Labute approximate surface area is 121 Å². The van der Waals surface area contributed by atoms with E-state index >= 15 is 0 Å². The highest BCUT2D eigenvalue weighted by Crippen LogP contribution is 2.21. The number of benzene rings is 1. The summed E-state index contributed by atoms with van der Waals surface area (Å²) in [4.78, 5) is 12.1. The van der Waals surface area contributed by atoms with Gasteiger partial charge in [-0.1, -0.05) is 17.7 Å². The predicted molar refractivity (Wildman–Crippen MR) is 79.8 cm³/mol. The summed E-state index contributed by atoms with van der Waals surface area (Å²) in [5.41, 5.74) is -0.626. The number of aryl methyl sites for hydroxylation is 1. The topological polar surface area (TPSA) is 58.6 Å². The number of nitrogens with one attached hydrogen (secondary N) is 1. The average molecular weight is 279 g/mol. The first-order valence-electron chi connectivity index (χ1n) is 6.80. The second-order valence-electron chi connectivity index (χ2n) is 6.25. The van der Waals surface area contributed by atoms with E-state index in [1.165, 1.54) is 0 Å². The fraction of sp³-hybridized carbons (Fsp3) is 0.562. The van der Waals surface area contributed by atoms with Crippen molar-refractivity contribution in [2.24, 2.45) is 0 Å². The van der Waals surface area contributed by atoms with Crippen molar-refractivity contribution in [2.45, 2.75) is 58.8 Å². The second kappa shape index (κ2) is 5.83. The van der Waals surface area contributed by atoms with Crippen LogP contribution in [0.1, 0.15) is 40.2 Å². The van der Waals surface area contributed by atoms with Gasteiger partial charge in [0.05, 0.1) is 11.1 Å². The smallest absolute Gasteiger partial charge is 0.261 e. The molecule has 0 spiro atoms. The number of aliphatic hydroxyl groups is 1. The number of carbonyl (C=O) groups excluding carboxylic acids is 1. The molecule has 0 aliphatic heterocycles. The maximum absolute atomic E-state index is 12.1. The lowest BCUT2D eigenvalue weighted by Crippen LogP contribution is -2.59. The molecule has 0 saturated carbocycles. The molecule has 1 aromatic rings. The summed E-state index contributed by atoms with van der Waals surface area (Å²) in [6, 6.07) is 7.53. The fourth-order valence-corrected chi connectivity index (χ4v) is 1.44. The van der Waals surface area contributed by atoms with Gasteiger partial charge in [-0.05, 0) is 53.7 Å². The first-order valence-corrected chi connectivity index (χ1v) is 6.80. The highest BCUT2D eigenvalue weighted by molar-refractivity contribution is 5.81. The van der Waals surface area contributed by atoms with Crippen LogP contribution in [-0.4, -0.2) is 28.3 Å². The van der Waals surface area contributed by atoms with Crippen LogP contribution in [0.15, 0.2) is 24.3 Å². The van der Waals surface area contributed by atoms with Gasteiger partial charge in [-0.3, -0.25) is 4.79 Å². The van der Waals surface area contributed by atoms with Gasteiger partial charge in [0.15, 0.2) is 6.10 Å². The standard InChI is InChI=1S/C16H25NO3/c1-11-7-9-13(10-8-11)20-12(2)14(18)17-15(3,4)16(5,6)19/h7-10,12,19H,1-6H3,(H,17,18). The van der Waals surface area contributed by atoms with Crippen molar-refractivity contribution in [3.63, 3.8) is 0 Å². The lowest BCUT2D eigenvalue weighted by atomic mass is 9.86. The van der Waals surface area contributed by atoms with E-state index in [9.17, 15) is 9.90 Å². The van der Waals surface area contributed by atoms with E-state index in [-0.39, 0.29) is 5.91 Å². The first kappa shape index (κ1) is 16.5. The molecule has 1 aromatic carbocycles. The maximum Gasteiger partial charge on any atom is 0.261 e. The Morgan fingerprint density at radius 3 is 2.15 bits per heavy atom. The molecule has 1 atom stereocenters. The molecule has 1 unspecified atom stereocenters. The van der Waals surface area contributed by atoms with Crippen molar-refractivity contribution in [2.75, 3.05) is 0 Å². The monoisotopic (exact) mass is 279 g/mol. The second-order valence-corrected chi connectivity index (χ2v) is 6.25. The molecule has 20 heavy (non-hydrogen) atoms. The maximum atomic E-state index is 12.1. The van der Waals surface area contributed by atoms with Gasteiger partial charge >= 0.3 is 0 Å². The van der Waals surface area contributed by atoms with Crippen LogP contribution in [-0.2, 0) is 4.79 Å². The Morgan fingerprint density at radius 1 is 1.20 bits per heavy atom. The van der Waals surface area contributed by atoms with E-state index in [2.05, 4.69) is 5.32 Å². The van der Waals surface area contributed by atoms with Crippen molar-refractivity contribution in [1.29, 1.82) is 0 Å². The first-order chi connectivity index (χ1) is 9.03. The van der Waals surface area contributed by atoms with Crippen LogP contribution in [0.3, 0.4) is 0 Å². The van der Waals surface area contributed by atoms with Crippen molar-refractivity contribution < 1.29 is 14.6 Å². The minimum absolute atomic E-state index is 0.252. The van der Waals surface area contributed by atoms with Crippen LogP contribution in [0, 0.1) is 6.92 Å². The van der Waals surface area contributed by atoms with E-state index < -0.39 is 17.2 Å². The summed E-state index contributed by atoms with van der Waals surface area (Å²) in [6.45, 7) is 10.6. The predicted octanol–water partition coefficient (Wildman–Crippen LogP) is 2.43. The van der Waals surface area contributed by atoms with Gasteiger partial charge in [-0.15, -0.1) is 0 Å². The molecule has 0 radical (unpaired) electrons. The summed E-state index contributed by atoms with van der Waals surface area (Å²) >= 11 is 0. The molecule has 0 fully saturated rings. The van der Waals surface area contributed by atoms with Crippen LogP contribution in [0.4, 0.5) is 0 Å². The molecule has 0 aliphatic carbocycles. The summed E-state index contributed by atoms with van der Waals surface area (Å²) < 4.78 is 5.60. The molecule has 0 saturated heterocycles.